The summed E-state index contributed by atoms with van der Waals surface area (Å²) in [7, 11) is 1.55. The molecule has 1 atom stereocenters. The fourth-order valence-corrected chi connectivity index (χ4v) is 1.62. The van der Waals surface area contributed by atoms with Crippen molar-refractivity contribution in [3.05, 3.63) is 42.5 Å². The molecule has 1 aromatic carbocycles. The molecule has 0 aliphatic heterocycles. The minimum Gasteiger partial charge on any atom is -0.496 e. The van der Waals surface area contributed by atoms with Crippen molar-refractivity contribution < 1.29 is 9.53 Å². The zero-order valence-corrected chi connectivity index (χ0v) is 10.3. The molecule has 0 bridgehead atoms. The highest BCUT2D eigenvalue weighted by atomic mass is 16.5. The molecule has 18 heavy (non-hydrogen) atoms. The van der Waals surface area contributed by atoms with Crippen LogP contribution in [0.1, 0.15) is 17.9 Å². The number of carbonyl (C=O) groups excluding carboxylic acids is 1. The van der Waals surface area contributed by atoms with Crippen LogP contribution in [-0.4, -0.2) is 19.6 Å². The first-order chi connectivity index (χ1) is 8.72. The van der Waals surface area contributed by atoms with Crippen LogP contribution in [0.3, 0.4) is 0 Å². The van der Waals surface area contributed by atoms with E-state index in [2.05, 4.69) is 18.0 Å². The smallest absolute Gasteiger partial charge is 0.221 e. The van der Waals surface area contributed by atoms with Crippen LogP contribution in [0.5, 0.6) is 5.75 Å². The molecule has 1 amide bonds. The number of hydrogen-bond donors (Lipinski definition) is 1. The number of nitriles is 1. The van der Waals surface area contributed by atoms with E-state index in [1.807, 2.05) is 12.1 Å². The summed E-state index contributed by atoms with van der Waals surface area (Å²) in [6.07, 6.45) is 1.72. The van der Waals surface area contributed by atoms with Gasteiger partial charge in [0, 0.05) is 18.5 Å². The second-order valence-corrected chi connectivity index (χ2v) is 3.72. The Kier molecular flexibility index (Phi) is 5.46. The van der Waals surface area contributed by atoms with E-state index in [1.54, 1.807) is 25.3 Å². The lowest BCUT2D eigenvalue weighted by Gasteiger charge is -2.13. The summed E-state index contributed by atoms with van der Waals surface area (Å²) in [4.78, 5) is 11.6. The molecule has 0 saturated carbocycles. The Labute approximate surface area is 107 Å². The van der Waals surface area contributed by atoms with Crippen LogP contribution in [0, 0.1) is 11.3 Å². The van der Waals surface area contributed by atoms with Crippen LogP contribution in [0.25, 0.3) is 0 Å². The summed E-state index contributed by atoms with van der Waals surface area (Å²) in [5, 5.41) is 11.8. The zero-order chi connectivity index (χ0) is 13.4. The number of benzene rings is 1. The predicted octanol–water partition coefficient (Wildman–Crippen LogP) is 1.99. The van der Waals surface area contributed by atoms with Crippen molar-refractivity contribution in [3.63, 3.8) is 0 Å². The number of methoxy groups -OCH3 is 1. The van der Waals surface area contributed by atoms with Gasteiger partial charge in [0.2, 0.25) is 5.91 Å². The van der Waals surface area contributed by atoms with Gasteiger partial charge in [-0.3, -0.25) is 4.79 Å². The molecule has 1 aromatic rings. The number of carbonyl (C=O) groups is 1. The van der Waals surface area contributed by atoms with Crippen LogP contribution in [0.4, 0.5) is 0 Å². The fourth-order valence-electron chi connectivity index (χ4n) is 1.62. The third kappa shape index (κ3) is 3.63. The summed E-state index contributed by atoms with van der Waals surface area (Å²) >= 11 is 0. The maximum atomic E-state index is 11.6. The lowest BCUT2D eigenvalue weighted by molar-refractivity contribution is -0.121. The monoisotopic (exact) mass is 244 g/mol. The first kappa shape index (κ1) is 13.8. The Hall–Kier alpha value is -2.28. The van der Waals surface area contributed by atoms with Crippen molar-refractivity contribution in [1.29, 1.82) is 5.26 Å². The van der Waals surface area contributed by atoms with Gasteiger partial charge in [0.1, 0.15) is 5.75 Å². The molecule has 1 rings (SSSR count). The van der Waals surface area contributed by atoms with Gasteiger partial charge in [-0.1, -0.05) is 24.3 Å². The normalized spacial score (nSPS) is 11.1. The Bertz CT molecular complexity index is 463. The highest BCUT2D eigenvalue weighted by Gasteiger charge is 2.18. The summed E-state index contributed by atoms with van der Waals surface area (Å²) < 4.78 is 5.19. The molecule has 4 heteroatoms. The van der Waals surface area contributed by atoms with Gasteiger partial charge in [-0.25, -0.2) is 0 Å². The highest BCUT2D eigenvalue weighted by Crippen LogP contribution is 2.28. The van der Waals surface area contributed by atoms with Crippen molar-refractivity contribution in [3.8, 4) is 11.8 Å². The molecule has 1 N–H and O–H groups in total. The van der Waals surface area contributed by atoms with Gasteiger partial charge in [0.15, 0.2) is 0 Å². The first-order valence-electron chi connectivity index (χ1n) is 5.63. The predicted molar refractivity (Wildman–Crippen MR) is 69.2 cm³/mol. The number of rotatable bonds is 6. The first-order valence-corrected chi connectivity index (χ1v) is 5.63. The van der Waals surface area contributed by atoms with E-state index < -0.39 is 5.92 Å². The third-order valence-electron chi connectivity index (χ3n) is 2.50. The Morgan fingerprint density at radius 2 is 2.33 bits per heavy atom. The van der Waals surface area contributed by atoms with E-state index in [4.69, 9.17) is 10.00 Å². The fraction of sp³-hybridized carbons (Fsp3) is 0.286. The summed E-state index contributed by atoms with van der Waals surface area (Å²) in [6.45, 7) is 3.92. The van der Waals surface area contributed by atoms with Crippen molar-refractivity contribution in [1.82, 2.24) is 5.32 Å². The van der Waals surface area contributed by atoms with Crippen molar-refractivity contribution >= 4 is 5.91 Å². The second-order valence-electron chi connectivity index (χ2n) is 3.72. The number of ether oxygens (including phenoxy) is 1. The lowest BCUT2D eigenvalue weighted by atomic mass is 9.96. The molecule has 0 heterocycles. The molecular formula is C14H16N2O2. The van der Waals surface area contributed by atoms with Gasteiger partial charge in [0.05, 0.1) is 19.1 Å². The molecule has 0 aliphatic carbocycles. The molecule has 0 radical (unpaired) electrons. The van der Waals surface area contributed by atoms with E-state index >= 15 is 0 Å². The molecule has 94 valence electrons. The van der Waals surface area contributed by atoms with Crippen LogP contribution < -0.4 is 10.1 Å². The number of amides is 1. The highest BCUT2D eigenvalue weighted by molar-refractivity contribution is 5.77. The minimum atomic E-state index is -0.508. The molecule has 0 fully saturated rings. The van der Waals surface area contributed by atoms with Crippen molar-refractivity contribution in [2.24, 2.45) is 0 Å². The lowest BCUT2D eigenvalue weighted by Crippen LogP contribution is -2.24. The molecule has 4 nitrogen and oxygen atoms in total. The van der Waals surface area contributed by atoms with Gasteiger partial charge >= 0.3 is 0 Å². The average Bonchev–Trinajstić information content (AvgIpc) is 2.42. The van der Waals surface area contributed by atoms with Crippen molar-refractivity contribution in [2.75, 3.05) is 13.7 Å². The topological polar surface area (TPSA) is 62.1 Å². The van der Waals surface area contributed by atoms with Gasteiger partial charge < -0.3 is 10.1 Å². The molecule has 1 unspecified atom stereocenters. The van der Waals surface area contributed by atoms with Crippen LogP contribution in [0.15, 0.2) is 36.9 Å². The number of nitrogens with zero attached hydrogens (tertiary/aromatic N) is 1. The maximum Gasteiger partial charge on any atom is 0.221 e. The largest absolute Gasteiger partial charge is 0.496 e. The van der Waals surface area contributed by atoms with Gasteiger partial charge in [-0.05, 0) is 6.07 Å². The van der Waals surface area contributed by atoms with E-state index in [0.717, 1.165) is 5.56 Å². The average molecular weight is 244 g/mol. The van der Waals surface area contributed by atoms with E-state index in [-0.39, 0.29) is 12.3 Å². The Balaban J connectivity index is 2.80. The Morgan fingerprint density at radius 1 is 1.61 bits per heavy atom. The van der Waals surface area contributed by atoms with E-state index in [1.165, 1.54) is 0 Å². The van der Waals surface area contributed by atoms with Crippen LogP contribution in [0.2, 0.25) is 0 Å². The number of para-hydroxylation sites is 1. The van der Waals surface area contributed by atoms with Gasteiger partial charge in [0.25, 0.3) is 0 Å². The summed E-state index contributed by atoms with van der Waals surface area (Å²) in [5.41, 5.74) is 0.733. The van der Waals surface area contributed by atoms with Crippen LogP contribution >= 0.6 is 0 Å². The van der Waals surface area contributed by atoms with Gasteiger partial charge in [-0.15, -0.1) is 6.58 Å². The van der Waals surface area contributed by atoms with Crippen molar-refractivity contribution in [2.45, 2.75) is 12.3 Å². The van der Waals surface area contributed by atoms with Gasteiger partial charge in [-0.2, -0.15) is 5.26 Å². The van der Waals surface area contributed by atoms with E-state index in [0.29, 0.717) is 12.3 Å². The number of hydrogen-bond acceptors (Lipinski definition) is 3. The molecule has 0 saturated heterocycles. The molecular weight excluding hydrogens is 228 g/mol. The minimum absolute atomic E-state index is 0.116. The maximum absolute atomic E-state index is 11.6. The third-order valence-corrected chi connectivity index (χ3v) is 2.50. The Morgan fingerprint density at radius 3 is 2.94 bits per heavy atom. The van der Waals surface area contributed by atoms with Crippen LogP contribution in [-0.2, 0) is 4.79 Å². The summed E-state index contributed by atoms with van der Waals surface area (Å²) in [6, 6.07) is 9.36. The second kappa shape index (κ2) is 7.13. The quantitative estimate of drug-likeness (QED) is 0.778. The molecule has 0 spiro atoms. The number of nitrogens with one attached hydrogen (secondary N) is 1. The standard InChI is InChI=1S/C14H16N2O2/c1-3-8-16-14(17)9-11(10-15)12-6-4-5-7-13(12)18-2/h3-7,11H,1,8-9H2,2H3,(H,16,17). The molecule has 0 aromatic heterocycles. The summed E-state index contributed by atoms with van der Waals surface area (Å²) in [5.74, 6) is -0.0566. The SMILES string of the molecule is C=CCNC(=O)CC(C#N)c1ccccc1OC. The van der Waals surface area contributed by atoms with E-state index in [9.17, 15) is 4.79 Å². The molecule has 0 aliphatic rings. The zero-order valence-electron chi connectivity index (χ0n) is 10.3.